The van der Waals surface area contributed by atoms with Crippen molar-refractivity contribution >= 4 is 16.5 Å². The summed E-state index contributed by atoms with van der Waals surface area (Å²) in [5, 5.41) is 2.72. The molecule has 1 aliphatic carbocycles. The molecule has 31 heavy (non-hydrogen) atoms. The maximum absolute atomic E-state index is 5.49. The van der Waals surface area contributed by atoms with Gasteiger partial charge in [-0.1, -0.05) is 42.5 Å². The lowest BCUT2D eigenvalue weighted by atomic mass is 9.80. The highest BCUT2D eigenvalue weighted by molar-refractivity contribution is 5.94. The zero-order valence-corrected chi connectivity index (χ0v) is 18.7. The van der Waals surface area contributed by atoms with E-state index in [1.54, 1.807) is 18.2 Å². The van der Waals surface area contributed by atoms with Gasteiger partial charge in [0.25, 0.3) is 0 Å². The molecule has 1 aliphatic heterocycles. The molecular formula is C28H34N2O. The Balaban J connectivity index is 1.15. The molecule has 3 aromatic carbocycles. The van der Waals surface area contributed by atoms with Crippen molar-refractivity contribution < 1.29 is 4.74 Å². The standard InChI is InChI=1S/C28H34N2O/c1-31-25-15-14-24-9-4-8-23(27(24)21-25)11-6-16-29-17-19-30(20-18-29)28-13-5-10-22-7-2-3-12-26(22)28/h2-3,5,7,10,12-15,21,23H,4,6,8-9,11,16-20H2,1H3. The van der Waals surface area contributed by atoms with Crippen LogP contribution in [0.15, 0.2) is 60.7 Å². The van der Waals surface area contributed by atoms with E-state index < -0.39 is 0 Å². The predicted octanol–water partition coefficient (Wildman–Crippen LogP) is 5.87. The Morgan fingerprint density at radius 3 is 2.65 bits per heavy atom. The summed E-state index contributed by atoms with van der Waals surface area (Å²) in [5.41, 5.74) is 4.48. The number of anilines is 1. The third kappa shape index (κ3) is 4.43. The van der Waals surface area contributed by atoms with E-state index >= 15 is 0 Å². The molecular weight excluding hydrogens is 380 g/mol. The molecule has 1 fully saturated rings. The molecule has 0 saturated carbocycles. The molecule has 0 aromatic heterocycles. The van der Waals surface area contributed by atoms with Crippen LogP contribution in [-0.2, 0) is 6.42 Å². The molecule has 0 spiro atoms. The first kappa shape index (κ1) is 20.4. The van der Waals surface area contributed by atoms with Gasteiger partial charge in [0, 0.05) is 37.3 Å². The Bertz CT molecular complexity index is 1020. The van der Waals surface area contributed by atoms with Crippen LogP contribution in [0.3, 0.4) is 0 Å². The molecule has 2 aliphatic rings. The van der Waals surface area contributed by atoms with Gasteiger partial charge >= 0.3 is 0 Å². The quantitative estimate of drug-likeness (QED) is 0.502. The summed E-state index contributed by atoms with van der Waals surface area (Å²) in [4.78, 5) is 5.24. The van der Waals surface area contributed by atoms with Gasteiger partial charge in [-0.15, -0.1) is 0 Å². The van der Waals surface area contributed by atoms with Gasteiger partial charge < -0.3 is 9.64 Å². The Morgan fingerprint density at radius 2 is 1.77 bits per heavy atom. The van der Waals surface area contributed by atoms with Crippen molar-refractivity contribution in [3.63, 3.8) is 0 Å². The second-order valence-corrected chi connectivity index (χ2v) is 9.12. The van der Waals surface area contributed by atoms with Crippen molar-refractivity contribution in [2.45, 2.75) is 38.0 Å². The van der Waals surface area contributed by atoms with Gasteiger partial charge in [0.05, 0.1) is 7.11 Å². The van der Waals surface area contributed by atoms with Crippen LogP contribution >= 0.6 is 0 Å². The van der Waals surface area contributed by atoms with Gasteiger partial charge in [-0.2, -0.15) is 0 Å². The van der Waals surface area contributed by atoms with Crippen LogP contribution in [-0.4, -0.2) is 44.7 Å². The van der Waals surface area contributed by atoms with Crippen LogP contribution in [0.4, 0.5) is 5.69 Å². The number of piperazine rings is 1. The van der Waals surface area contributed by atoms with Crippen LogP contribution in [0.5, 0.6) is 5.75 Å². The van der Waals surface area contributed by atoms with E-state index in [9.17, 15) is 0 Å². The maximum Gasteiger partial charge on any atom is 0.119 e. The molecule has 1 saturated heterocycles. The fraction of sp³-hybridized carbons (Fsp3) is 0.429. The molecule has 1 atom stereocenters. The van der Waals surface area contributed by atoms with Crippen LogP contribution in [0.1, 0.15) is 42.7 Å². The molecule has 1 unspecified atom stereocenters. The average molecular weight is 415 g/mol. The number of ether oxygens (including phenoxy) is 1. The predicted molar refractivity (Wildman–Crippen MR) is 131 cm³/mol. The summed E-state index contributed by atoms with van der Waals surface area (Å²) in [7, 11) is 1.78. The Kier molecular flexibility index (Phi) is 6.13. The highest BCUT2D eigenvalue weighted by atomic mass is 16.5. The van der Waals surface area contributed by atoms with E-state index in [2.05, 4.69) is 70.5 Å². The summed E-state index contributed by atoms with van der Waals surface area (Å²) >= 11 is 0. The third-order valence-electron chi connectivity index (χ3n) is 7.30. The van der Waals surface area contributed by atoms with E-state index in [4.69, 9.17) is 4.74 Å². The average Bonchev–Trinajstić information content (AvgIpc) is 2.84. The lowest BCUT2D eigenvalue weighted by Crippen LogP contribution is -2.46. The third-order valence-corrected chi connectivity index (χ3v) is 7.30. The molecule has 5 rings (SSSR count). The van der Waals surface area contributed by atoms with Crippen LogP contribution < -0.4 is 9.64 Å². The van der Waals surface area contributed by atoms with Crippen LogP contribution in [0, 0.1) is 0 Å². The van der Waals surface area contributed by atoms with Gasteiger partial charge in [-0.25, -0.2) is 0 Å². The highest BCUT2D eigenvalue weighted by Gasteiger charge is 2.22. The van der Waals surface area contributed by atoms with Gasteiger partial charge in [-0.05, 0) is 79.3 Å². The number of benzene rings is 3. The molecule has 162 valence electrons. The summed E-state index contributed by atoms with van der Waals surface area (Å²) in [6.45, 7) is 5.80. The van der Waals surface area contributed by atoms with Crippen molar-refractivity contribution in [2.75, 3.05) is 44.7 Å². The smallest absolute Gasteiger partial charge is 0.119 e. The van der Waals surface area contributed by atoms with Gasteiger partial charge in [0.1, 0.15) is 5.75 Å². The summed E-state index contributed by atoms with van der Waals surface area (Å²) < 4.78 is 5.49. The van der Waals surface area contributed by atoms with Crippen molar-refractivity contribution in [1.82, 2.24) is 4.90 Å². The lowest BCUT2D eigenvalue weighted by molar-refractivity contribution is 0.249. The number of rotatable bonds is 6. The topological polar surface area (TPSA) is 15.7 Å². The molecule has 0 N–H and O–H groups in total. The molecule has 3 heteroatoms. The Morgan fingerprint density at radius 1 is 0.935 bits per heavy atom. The Labute approximate surface area is 186 Å². The highest BCUT2D eigenvalue weighted by Crippen LogP contribution is 2.37. The maximum atomic E-state index is 5.49. The number of fused-ring (bicyclic) bond motifs is 2. The van der Waals surface area contributed by atoms with E-state index in [-0.39, 0.29) is 0 Å². The fourth-order valence-corrected chi connectivity index (χ4v) is 5.56. The number of methoxy groups -OCH3 is 1. The lowest BCUT2D eigenvalue weighted by Gasteiger charge is -2.37. The Hall–Kier alpha value is -2.52. The molecule has 3 nitrogen and oxygen atoms in total. The molecule has 0 amide bonds. The van der Waals surface area contributed by atoms with Crippen LogP contribution in [0.2, 0.25) is 0 Å². The normalized spacial score (nSPS) is 19.4. The van der Waals surface area contributed by atoms with E-state index in [0.29, 0.717) is 5.92 Å². The first-order valence-corrected chi connectivity index (χ1v) is 11.9. The van der Waals surface area contributed by atoms with E-state index in [1.807, 2.05) is 0 Å². The van der Waals surface area contributed by atoms with Gasteiger partial charge in [-0.3, -0.25) is 4.90 Å². The molecule has 1 heterocycles. The summed E-state index contributed by atoms with van der Waals surface area (Å²) in [5.74, 6) is 1.71. The van der Waals surface area contributed by atoms with E-state index in [1.165, 1.54) is 55.1 Å². The molecule has 0 bridgehead atoms. The second-order valence-electron chi connectivity index (χ2n) is 9.12. The SMILES string of the molecule is COc1ccc2c(c1)C(CCCN1CCN(c3cccc4ccccc34)CC1)CCC2. The van der Waals surface area contributed by atoms with Gasteiger partial charge in [0.15, 0.2) is 0 Å². The number of aryl methyl sites for hydroxylation is 1. The second kappa shape index (κ2) is 9.32. The first-order valence-electron chi connectivity index (χ1n) is 11.9. The minimum absolute atomic E-state index is 0.704. The zero-order chi connectivity index (χ0) is 21.0. The summed E-state index contributed by atoms with van der Waals surface area (Å²) in [6.07, 6.45) is 6.47. The zero-order valence-electron chi connectivity index (χ0n) is 18.7. The molecule has 0 radical (unpaired) electrons. The first-order chi connectivity index (χ1) is 15.3. The fourth-order valence-electron chi connectivity index (χ4n) is 5.56. The van der Waals surface area contributed by atoms with Crippen molar-refractivity contribution in [3.05, 3.63) is 71.8 Å². The van der Waals surface area contributed by atoms with Crippen molar-refractivity contribution in [2.24, 2.45) is 0 Å². The minimum atomic E-state index is 0.704. The molecule has 3 aromatic rings. The monoisotopic (exact) mass is 414 g/mol. The minimum Gasteiger partial charge on any atom is -0.497 e. The number of hydrogen-bond acceptors (Lipinski definition) is 3. The summed E-state index contributed by atoms with van der Waals surface area (Å²) in [6, 6.07) is 22.2. The van der Waals surface area contributed by atoms with Crippen molar-refractivity contribution in [1.29, 1.82) is 0 Å². The van der Waals surface area contributed by atoms with Crippen molar-refractivity contribution in [3.8, 4) is 5.75 Å². The number of hydrogen-bond donors (Lipinski definition) is 0. The van der Waals surface area contributed by atoms with Crippen LogP contribution in [0.25, 0.3) is 10.8 Å². The van der Waals surface area contributed by atoms with Gasteiger partial charge in [0.2, 0.25) is 0 Å². The largest absolute Gasteiger partial charge is 0.497 e. The number of nitrogens with zero attached hydrogens (tertiary/aromatic N) is 2. The van der Waals surface area contributed by atoms with E-state index in [0.717, 1.165) is 31.9 Å².